The third kappa shape index (κ3) is 5.18. The zero-order chi connectivity index (χ0) is 15.9. The maximum atomic E-state index is 13.8. The summed E-state index contributed by atoms with van der Waals surface area (Å²) >= 11 is 6.07. The van der Waals surface area contributed by atoms with E-state index in [9.17, 15) is 9.50 Å². The summed E-state index contributed by atoms with van der Waals surface area (Å²) in [6.45, 7) is 3.21. The highest BCUT2D eigenvalue weighted by atomic mass is 35.5. The van der Waals surface area contributed by atoms with Crippen LogP contribution in [0.4, 0.5) is 4.39 Å². The minimum atomic E-state index is -0.472. The highest BCUT2D eigenvalue weighted by Crippen LogP contribution is 2.22. The molecule has 1 fully saturated rings. The van der Waals surface area contributed by atoms with Crippen LogP contribution >= 0.6 is 11.6 Å². The van der Waals surface area contributed by atoms with Gasteiger partial charge in [-0.25, -0.2) is 4.39 Å². The summed E-state index contributed by atoms with van der Waals surface area (Å²) in [4.78, 5) is 2.22. The van der Waals surface area contributed by atoms with Crippen LogP contribution in [0.3, 0.4) is 0 Å². The number of nitrogens with zero attached hydrogens (tertiary/aromatic N) is 1. The van der Waals surface area contributed by atoms with E-state index >= 15 is 0 Å². The zero-order valence-electron chi connectivity index (χ0n) is 12.9. The number of benzene rings is 1. The fourth-order valence-corrected chi connectivity index (χ4v) is 2.98. The standard InChI is InChI=1S/C16H24ClFN2O2/c1-22-11-13(21)9-19-12-5-7-20(8-6-12)10-14-15(17)3-2-4-16(14)18/h2-4,12-13,19,21H,5-11H2,1H3. The molecule has 0 spiro atoms. The third-order valence-corrected chi connectivity index (χ3v) is 4.39. The summed E-state index contributed by atoms with van der Waals surface area (Å²) in [7, 11) is 1.58. The van der Waals surface area contributed by atoms with Gasteiger partial charge in [0.05, 0.1) is 12.7 Å². The van der Waals surface area contributed by atoms with E-state index in [2.05, 4.69) is 10.2 Å². The predicted octanol–water partition coefficient (Wildman–Crippen LogP) is 2.04. The van der Waals surface area contributed by atoms with E-state index in [1.807, 2.05) is 0 Å². The first-order chi connectivity index (χ1) is 10.6. The van der Waals surface area contributed by atoms with Crippen molar-refractivity contribution in [2.45, 2.75) is 31.5 Å². The lowest BCUT2D eigenvalue weighted by atomic mass is 10.0. The molecule has 0 radical (unpaired) electrons. The third-order valence-electron chi connectivity index (χ3n) is 4.03. The van der Waals surface area contributed by atoms with Crippen molar-refractivity contribution in [2.24, 2.45) is 0 Å². The van der Waals surface area contributed by atoms with Gasteiger partial charge in [0.25, 0.3) is 0 Å². The van der Waals surface area contributed by atoms with Crippen LogP contribution < -0.4 is 5.32 Å². The second-order valence-electron chi connectivity index (χ2n) is 5.77. The van der Waals surface area contributed by atoms with Crippen LogP contribution in [0.2, 0.25) is 5.02 Å². The number of nitrogens with one attached hydrogen (secondary N) is 1. The van der Waals surface area contributed by atoms with Gasteiger partial charge in [-0.2, -0.15) is 0 Å². The molecular formula is C16H24ClFN2O2. The highest BCUT2D eigenvalue weighted by Gasteiger charge is 2.21. The quantitative estimate of drug-likeness (QED) is 0.803. The summed E-state index contributed by atoms with van der Waals surface area (Å²) in [5.41, 5.74) is 0.575. The van der Waals surface area contributed by atoms with Gasteiger partial charge < -0.3 is 15.2 Å². The SMILES string of the molecule is COCC(O)CNC1CCN(Cc2c(F)cccc2Cl)CC1. The number of hydrogen-bond acceptors (Lipinski definition) is 4. The number of piperidine rings is 1. The lowest BCUT2D eigenvalue weighted by Crippen LogP contribution is -2.45. The Morgan fingerprint density at radius 2 is 2.18 bits per heavy atom. The Balaban J connectivity index is 1.75. The maximum Gasteiger partial charge on any atom is 0.129 e. The predicted molar refractivity (Wildman–Crippen MR) is 85.6 cm³/mol. The number of methoxy groups -OCH3 is 1. The number of likely N-dealkylation sites (tertiary alicyclic amines) is 1. The summed E-state index contributed by atoms with van der Waals surface area (Å²) in [6.07, 6.45) is 1.48. The largest absolute Gasteiger partial charge is 0.389 e. The van der Waals surface area contributed by atoms with E-state index in [0.717, 1.165) is 25.9 Å². The van der Waals surface area contributed by atoms with E-state index in [0.29, 0.717) is 36.3 Å². The first kappa shape index (κ1) is 17.6. The van der Waals surface area contributed by atoms with Gasteiger partial charge >= 0.3 is 0 Å². The van der Waals surface area contributed by atoms with Gasteiger partial charge in [0, 0.05) is 36.8 Å². The minimum absolute atomic E-state index is 0.240. The normalized spacial score (nSPS) is 18.5. The molecule has 2 N–H and O–H groups in total. The summed E-state index contributed by atoms with van der Waals surface area (Å²) < 4.78 is 18.7. The fraction of sp³-hybridized carbons (Fsp3) is 0.625. The average molecular weight is 331 g/mol. The second-order valence-corrected chi connectivity index (χ2v) is 6.18. The van der Waals surface area contributed by atoms with Crippen molar-refractivity contribution in [2.75, 3.05) is 33.4 Å². The van der Waals surface area contributed by atoms with Crippen molar-refractivity contribution >= 4 is 11.6 Å². The van der Waals surface area contributed by atoms with Crippen LogP contribution in [-0.2, 0) is 11.3 Å². The smallest absolute Gasteiger partial charge is 0.129 e. The molecule has 1 atom stereocenters. The molecule has 0 saturated carbocycles. The molecule has 0 amide bonds. The lowest BCUT2D eigenvalue weighted by Gasteiger charge is -2.33. The van der Waals surface area contributed by atoms with Crippen molar-refractivity contribution in [3.63, 3.8) is 0 Å². The first-order valence-electron chi connectivity index (χ1n) is 7.65. The fourth-order valence-electron chi connectivity index (χ4n) is 2.76. The molecule has 0 aliphatic carbocycles. The Morgan fingerprint density at radius 3 is 2.82 bits per heavy atom. The molecule has 1 aromatic rings. The number of aliphatic hydroxyl groups is 1. The molecule has 1 aliphatic heterocycles. The Morgan fingerprint density at radius 1 is 1.45 bits per heavy atom. The molecule has 1 aromatic carbocycles. The van der Waals surface area contributed by atoms with Gasteiger partial charge in [-0.15, -0.1) is 0 Å². The molecule has 2 rings (SSSR count). The minimum Gasteiger partial charge on any atom is -0.389 e. The van der Waals surface area contributed by atoms with E-state index < -0.39 is 6.10 Å². The first-order valence-corrected chi connectivity index (χ1v) is 8.03. The molecule has 0 bridgehead atoms. The molecular weight excluding hydrogens is 307 g/mol. The van der Waals surface area contributed by atoms with Crippen molar-refractivity contribution in [3.8, 4) is 0 Å². The van der Waals surface area contributed by atoms with Crippen LogP contribution in [0.5, 0.6) is 0 Å². The van der Waals surface area contributed by atoms with E-state index in [-0.39, 0.29) is 5.82 Å². The number of aliphatic hydroxyl groups excluding tert-OH is 1. The highest BCUT2D eigenvalue weighted by molar-refractivity contribution is 6.31. The van der Waals surface area contributed by atoms with E-state index in [1.54, 1.807) is 19.2 Å². The molecule has 1 aliphatic rings. The molecule has 1 saturated heterocycles. The molecule has 6 heteroatoms. The van der Waals surface area contributed by atoms with Crippen molar-refractivity contribution < 1.29 is 14.2 Å². The van der Waals surface area contributed by atoms with Crippen molar-refractivity contribution in [1.82, 2.24) is 10.2 Å². The Bertz CT molecular complexity index is 447. The molecule has 1 heterocycles. The van der Waals surface area contributed by atoms with E-state index in [1.165, 1.54) is 6.07 Å². The van der Waals surface area contributed by atoms with Gasteiger partial charge in [0.1, 0.15) is 5.82 Å². The van der Waals surface area contributed by atoms with Gasteiger partial charge in [0.2, 0.25) is 0 Å². The number of rotatable bonds is 7. The Labute approximate surface area is 136 Å². The maximum absolute atomic E-state index is 13.8. The van der Waals surface area contributed by atoms with Crippen molar-refractivity contribution in [1.29, 1.82) is 0 Å². The molecule has 22 heavy (non-hydrogen) atoms. The van der Waals surface area contributed by atoms with Gasteiger partial charge in [-0.1, -0.05) is 17.7 Å². The Kier molecular flexibility index (Phi) is 7.05. The van der Waals surface area contributed by atoms with Crippen molar-refractivity contribution in [3.05, 3.63) is 34.6 Å². The van der Waals surface area contributed by atoms with Crippen LogP contribution in [0.25, 0.3) is 0 Å². The molecule has 4 nitrogen and oxygen atoms in total. The van der Waals surface area contributed by atoms with Crippen LogP contribution in [0.15, 0.2) is 18.2 Å². The van der Waals surface area contributed by atoms with Gasteiger partial charge in [0.15, 0.2) is 0 Å². The summed E-state index contributed by atoms with van der Waals surface area (Å²) in [5, 5.41) is 13.5. The second kappa shape index (κ2) is 8.79. The average Bonchev–Trinajstić information content (AvgIpc) is 2.50. The molecule has 1 unspecified atom stereocenters. The van der Waals surface area contributed by atoms with Gasteiger partial charge in [-0.3, -0.25) is 4.90 Å². The lowest BCUT2D eigenvalue weighted by molar-refractivity contribution is 0.0601. The number of hydrogen-bond donors (Lipinski definition) is 2. The zero-order valence-corrected chi connectivity index (χ0v) is 13.7. The van der Waals surface area contributed by atoms with Crippen LogP contribution in [-0.4, -0.2) is 55.5 Å². The summed E-state index contributed by atoms with van der Waals surface area (Å²) in [5.74, 6) is -0.240. The van der Waals surface area contributed by atoms with E-state index in [4.69, 9.17) is 16.3 Å². The topological polar surface area (TPSA) is 44.7 Å². The number of halogens is 2. The molecule has 124 valence electrons. The summed E-state index contributed by atoms with van der Waals surface area (Å²) in [6, 6.07) is 5.19. The van der Waals surface area contributed by atoms with Crippen LogP contribution in [0.1, 0.15) is 18.4 Å². The number of ether oxygens (including phenoxy) is 1. The Hall–Kier alpha value is -0.720. The monoisotopic (exact) mass is 330 g/mol. The van der Waals surface area contributed by atoms with Gasteiger partial charge in [-0.05, 0) is 38.1 Å². The molecule has 0 aromatic heterocycles. The van der Waals surface area contributed by atoms with Crippen LogP contribution in [0, 0.1) is 5.82 Å².